The van der Waals surface area contributed by atoms with E-state index in [2.05, 4.69) is 4.98 Å². The minimum atomic E-state index is -0.148. The van der Waals surface area contributed by atoms with Gasteiger partial charge in [-0.3, -0.25) is 14.2 Å². The highest BCUT2D eigenvalue weighted by Crippen LogP contribution is 2.16. The van der Waals surface area contributed by atoms with Gasteiger partial charge in [0.25, 0.3) is 11.5 Å². The molecule has 0 saturated carbocycles. The van der Waals surface area contributed by atoms with Gasteiger partial charge in [-0.05, 0) is 43.3 Å². The minimum Gasteiger partial charge on any atom is -0.378 e. The highest BCUT2D eigenvalue weighted by atomic mass is 32.1. The molecule has 2 aliphatic heterocycles. The van der Waals surface area contributed by atoms with Crippen molar-refractivity contribution in [2.75, 3.05) is 32.9 Å². The zero-order valence-corrected chi connectivity index (χ0v) is 15.2. The molecule has 0 unspecified atom stereocenters. The average molecular weight is 375 g/mol. The van der Waals surface area contributed by atoms with Gasteiger partial charge in [-0.2, -0.15) is 0 Å². The van der Waals surface area contributed by atoms with Crippen LogP contribution in [0.25, 0.3) is 10.9 Å². The molecule has 0 bridgehead atoms. The van der Waals surface area contributed by atoms with Crippen LogP contribution >= 0.6 is 12.2 Å². The number of rotatable bonds is 3. The standard InChI is InChI=1S/C18H21N3O4S/c22-16(20-5-8-24-9-6-20)12-3-4-14-15(10-12)19-18(26)21(17(14)23)11-13-2-1-7-25-13/h3-4,10,13H,1-2,5-9,11H2,(H,19,26)/t13-/m1/s1. The Morgan fingerprint density at radius 1 is 1.27 bits per heavy atom. The Morgan fingerprint density at radius 2 is 2.08 bits per heavy atom. The smallest absolute Gasteiger partial charge is 0.262 e. The predicted molar refractivity (Wildman–Crippen MR) is 99.1 cm³/mol. The van der Waals surface area contributed by atoms with Crippen molar-refractivity contribution in [1.82, 2.24) is 14.5 Å². The molecule has 1 amide bonds. The van der Waals surface area contributed by atoms with E-state index in [1.165, 1.54) is 0 Å². The Morgan fingerprint density at radius 3 is 2.81 bits per heavy atom. The van der Waals surface area contributed by atoms with E-state index >= 15 is 0 Å². The van der Waals surface area contributed by atoms with Gasteiger partial charge in [0.2, 0.25) is 0 Å². The number of aromatic amines is 1. The van der Waals surface area contributed by atoms with E-state index in [1.54, 1.807) is 27.7 Å². The van der Waals surface area contributed by atoms with Crippen LogP contribution in [-0.4, -0.2) is 59.4 Å². The van der Waals surface area contributed by atoms with Gasteiger partial charge in [-0.25, -0.2) is 0 Å². The molecule has 1 aromatic carbocycles. The van der Waals surface area contributed by atoms with Crippen molar-refractivity contribution >= 4 is 29.0 Å². The third-order valence-corrected chi connectivity index (χ3v) is 5.26. The molecule has 0 aliphatic carbocycles. The number of morpholine rings is 1. The second-order valence-corrected chi connectivity index (χ2v) is 7.03. The molecule has 0 spiro atoms. The number of ether oxygens (including phenoxy) is 2. The molecule has 2 aliphatic rings. The summed E-state index contributed by atoms with van der Waals surface area (Å²) in [6.45, 7) is 3.45. The number of nitrogens with zero attached hydrogens (tertiary/aromatic N) is 2. The van der Waals surface area contributed by atoms with Gasteiger partial charge in [0.15, 0.2) is 4.77 Å². The maximum absolute atomic E-state index is 12.8. The van der Waals surface area contributed by atoms with Crippen LogP contribution in [0.1, 0.15) is 23.2 Å². The quantitative estimate of drug-likeness (QED) is 0.827. The first-order valence-electron chi connectivity index (χ1n) is 8.89. The van der Waals surface area contributed by atoms with Crippen LogP contribution in [0.2, 0.25) is 0 Å². The summed E-state index contributed by atoms with van der Waals surface area (Å²) in [7, 11) is 0. The van der Waals surface area contributed by atoms with Crippen LogP contribution in [-0.2, 0) is 16.0 Å². The van der Waals surface area contributed by atoms with Crippen LogP contribution in [0, 0.1) is 4.77 Å². The summed E-state index contributed by atoms with van der Waals surface area (Å²) in [5.41, 5.74) is 0.980. The number of amides is 1. The van der Waals surface area contributed by atoms with Crippen LogP contribution in [0.4, 0.5) is 0 Å². The van der Waals surface area contributed by atoms with Crippen molar-refractivity contribution in [3.63, 3.8) is 0 Å². The van der Waals surface area contributed by atoms with Crippen LogP contribution in [0.5, 0.6) is 0 Å². The third-order valence-electron chi connectivity index (χ3n) is 4.94. The molecule has 1 aromatic heterocycles. The number of hydrogen-bond acceptors (Lipinski definition) is 5. The van der Waals surface area contributed by atoms with Gasteiger partial charge in [0.05, 0.1) is 36.8 Å². The zero-order chi connectivity index (χ0) is 18.1. The third kappa shape index (κ3) is 3.32. The van der Waals surface area contributed by atoms with E-state index in [4.69, 9.17) is 21.7 Å². The summed E-state index contributed by atoms with van der Waals surface area (Å²) in [6.07, 6.45) is 1.98. The SMILES string of the molecule is O=C(c1ccc2c(=O)n(C[C@H]3CCCO3)c(=S)[nH]c2c1)N1CCOCC1. The van der Waals surface area contributed by atoms with E-state index in [0.717, 1.165) is 19.4 Å². The van der Waals surface area contributed by atoms with Crippen LogP contribution in [0.3, 0.4) is 0 Å². The highest BCUT2D eigenvalue weighted by molar-refractivity contribution is 7.71. The second-order valence-electron chi connectivity index (χ2n) is 6.65. The number of benzene rings is 1. The number of aromatic nitrogens is 2. The molecule has 1 N–H and O–H groups in total. The fourth-order valence-electron chi connectivity index (χ4n) is 3.49. The number of carbonyl (C=O) groups excluding carboxylic acids is 1. The lowest BCUT2D eigenvalue weighted by molar-refractivity contribution is 0.0303. The number of H-pyrrole nitrogens is 1. The molecule has 2 fully saturated rings. The summed E-state index contributed by atoms with van der Waals surface area (Å²) in [5, 5.41) is 0.523. The van der Waals surface area contributed by atoms with Gasteiger partial charge in [0.1, 0.15) is 0 Å². The first-order chi connectivity index (χ1) is 12.6. The molecule has 138 valence electrons. The summed E-state index contributed by atoms with van der Waals surface area (Å²) in [6, 6.07) is 5.11. The molecule has 3 heterocycles. The maximum atomic E-state index is 12.8. The lowest BCUT2D eigenvalue weighted by atomic mass is 10.1. The van der Waals surface area contributed by atoms with Crippen molar-refractivity contribution < 1.29 is 14.3 Å². The molecule has 0 radical (unpaired) electrons. The van der Waals surface area contributed by atoms with Crippen LogP contribution in [0.15, 0.2) is 23.0 Å². The minimum absolute atomic E-state index is 0.0300. The van der Waals surface area contributed by atoms with Gasteiger partial charge in [0, 0.05) is 25.3 Å². The molecule has 4 rings (SSSR count). The first kappa shape index (κ1) is 17.4. The van der Waals surface area contributed by atoms with Crippen molar-refractivity contribution in [2.24, 2.45) is 0 Å². The molecular formula is C18H21N3O4S. The summed E-state index contributed by atoms with van der Waals surface area (Å²) in [4.78, 5) is 30.3. The topological polar surface area (TPSA) is 76.6 Å². The molecule has 2 saturated heterocycles. The van der Waals surface area contributed by atoms with Gasteiger partial charge in [-0.1, -0.05) is 0 Å². The average Bonchev–Trinajstić information content (AvgIpc) is 3.18. The monoisotopic (exact) mass is 375 g/mol. The second kappa shape index (κ2) is 7.30. The van der Waals surface area contributed by atoms with Gasteiger partial charge >= 0.3 is 0 Å². The highest BCUT2D eigenvalue weighted by Gasteiger charge is 2.20. The predicted octanol–water partition coefficient (Wildman–Crippen LogP) is 1.71. The molecule has 1 atom stereocenters. The zero-order valence-electron chi connectivity index (χ0n) is 14.4. The van der Waals surface area contributed by atoms with E-state index in [1.807, 2.05) is 0 Å². The number of fused-ring (bicyclic) bond motifs is 1. The largest absolute Gasteiger partial charge is 0.378 e. The molecular weight excluding hydrogens is 354 g/mol. The Labute approximate surface area is 155 Å². The Balaban J connectivity index is 1.67. The Kier molecular flexibility index (Phi) is 4.88. The summed E-state index contributed by atoms with van der Waals surface area (Å²) >= 11 is 5.38. The first-order valence-corrected chi connectivity index (χ1v) is 9.30. The Hall–Kier alpha value is -2.03. The number of nitrogens with one attached hydrogen (secondary N) is 1. The Bertz CT molecular complexity index is 940. The normalized spacial score (nSPS) is 20.6. The van der Waals surface area contributed by atoms with E-state index in [0.29, 0.717) is 54.1 Å². The van der Waals surface area contributed by atoms with E-state index in [-0.39, 0.29) is 17.6 Å². The summed E-state index contributed by atoms with van der Waals surface area (Å²) < 4.78 is 12.8. The summed E-state index contributed by atoms with van der Waals surface area (Å²) in [5.74, 6) is -0.0574. The molecule has 7 nitrogen and oxygen atoms in total. The number of carbonyl (C=O) groups is 1. The van der Waals surface area contributed by atoms with Crippen molar-refractivity contribution in [2.45, 2.75) is 25.5 Å². The van der Waals surface area contributed by atoms with Crippen molar-refractivity contribution in [3.05, 3.63) is 38.9 Å². The van der Waals surface area contributed by atoms with E-state index < -0.39 is 0 Å². The van der Waals surface area contributed by atoms with Gasteiger partial charge < -0.3 is 19.4 Å². The van der Waals surface area contributed by atoms with E-state index in [9.17, 15) is 9.59 Å². The molecule has 2 aromatic rings. The molecule has 26 heavy (non-hydrogen) atoms. The maximum Gasteiger partial charge on any atom is 0.262 e. The van der Waals surface area contributed by atoms with Crippen LogP contribution < -0.4 is 5.56 Å². The number of hydrogen-bond donors (Lipinski definition) is 1. The lowest BCUT2D eigenvalue weighted by Gasteiger charge is -2.26. The molecule has 8 heteroatoms. The fourth-order valence-corrected chi connectivity index (χ4v) is 3.76. The fraction of sp³-hybridized carbons (Fsp3) is 0.500. The van der Waals surface area contributed by atoms with Gasteiger partial charge in [-0.15, -0.1) is 0 Å². The van der Waals surface area contributed by atoms with Crippen molar-refractivity contribution in [3.8, 4) is 0 Å². The lowest BCUT2D eigenvalue weighted by Crippen LogP contribution is -2.40. The van der Waals surface area contributed by atoms with Crippen molar-refractivity contribution in [1.29, 1.82) is 0 Å².